The van der Waals surface area contributed by atoms with E-state index >= 15 is 0 Å². The fourth-order valence-electron chi connectivity index (χ4n) is 1.70. The molecule has 0 aliphatic heterocycles. The standard InChI is InChI=1S/C12H26N4O2/c1-4-16(5-2)12(17)10(3)14-9-7-6-8-11(13)15-18/h10,14,18H,4-9H2,1-3H3,(H2,13,15). The largest absolute Gasteiger partial charge is 0.409 e. The highest BCUT2D eigenvalue weighted by atomic mass is 16.4. The normalized spacial score (nSPS) is 13.4. The van der Waals surface area contributed by atoms with E-state index in [1.54, 1.807) is 0 Å². The Bertz CT molecular complexity index is 265. The molecule has 0 aromatic carbocycles. The van der Waals surface area contributed by atoms with E-state index in [1.807, 2.05) is 25.7 Å². The minimum Gasteiger partial charge on any atom is -0.409 e. The summed E-state index contributed by atoms with van der Waals surface area (Å²) in [6.45, 7) is 8.07. The van der Waals surface area contributed by atoms with E-state index in [0.717, 1.165) is 32.5 Å². The fourth-order valence-corrected chi connectivity index (χ4v) is 1.70. The van der Waals surface area contributed by atoms with Crippen molar-refractivity contribution in [2.75, 3.05) is 19.6 Å². The van der Waals surface area contributed by atoms with Gasteiger partial charge in [-0.1, -0.05) is 5.16 Å². The molecule has 18 heavy (non-hydrogen) atoms. The van der Waals surface area contributed by atoms with Gasteiger partial charge in [0.2, 0.25) is 5.91 Å². The summed E-state index contributed by atoms with van der Waals surface area (Å²) in [7, 11) is 0. The Morgan fingerprint density at radius 3 is 2.50 bits per heavy atom. The summed E-state index contributed by atoms with van der Waals surface area (Å²) in [4.78, 5) is 13.7. The molecule has 6 nitrogen and oxygen atoms in total. The van der Waals surface area contributed by atoms with Gasteiger partial charge >= 0.3 is 0 Å². The van der Waals surface area contributed by atoms with Crippen LogP contribution in [0.3, 0.4) is 0 Å². The molecule has 4 N–H and O–H groups in total. The second kappa shape index (κ2) is 9.70. The third-order valence-electron chi connectivity index (χ3n) is 2.88. The number of nitrogens with two attached hydrogens (primary N) is 1. The first-order valence-electron chi connectivity index (χ1n) is 6.55. The molecule has 0 aromatic rings. The van der Waals surface area contributed by atoms with Crippen LogP contribution in [0.1, 0.15) is 40.0 Å². The molecule has 0 saturated heterocycles. The Balaban J connectivity index is 3.76. The molecule has 0 spiro atoms. The molecule has 0 radical (unpaired) electrons. The van der Waals surface area contributed by atoms with E-state index in [4.69, 9.17) is 10.9 Å². The zero-order valence-corrected chi connectivity index (χ0v) is 11.6. The lowest BCUT2D eigenvalue weighted by atomic mass is 10.2. The highest BCUT2D eigenvalue weighted by Crippen LogP contribution is 1.97. The van der Waals surface area contributed by atoms with Gasteiger partial charge in [0, 0.05) is 19.5 Å². The first-order valence-corrected chi connectivity index (χ1v) is 6.55. The smallest absolute Gasteiger partial charge is 0.239 e. The summed E-state index contributed by atoms with van der Waals surface area (Å²) in [6.07, 6.45) is 2.32. The second-order valence-electron chi connectivity index (χ2n) is 4.23. The van der Waals surface area contributed by atoms with Crippen molar-refractivity contribution in [3.63, 3.8) is 0 Å². The first-order chi connectivity index (χ1) is 8.56. The SMILES string of the molecule is CCN(CC)C(=O)C(C)NCCCCC(N)=NO. The number of carbonyl (C=O) groups is 1. The van der Waals surface area contributed by atoms with Gasteiger partial charge in [-0.3, -0.25) is 4.79 Å². The molecule has 0 aliphatic carbocycles. The molecule has 0 bridgehead atoms. The zero-order valence-electron chi connectivity index (χ0n) is 11.6. The second-order valence-corrected chi connectivity index (χ2v) is 4.23. The molecule has 6 heteroatoms. The number of likely N-dealkylation sites (N-methyl/N-ethyl adjacent to an activating group) is 1. The monoisotopic (exact) mass is 258 g/mol. The third-order valence-corrected chi connectivity index (χ3v) is 2.88. The Hall–Kier alpha value is -1.30. The maximum atomic E-state index is 11.9. The van der Waals surface area contributed by atoms with Gasteiger partial charge in [-0.15, -0.1) is 0 Å². The number of hydrogen-bond acceptors (Lipinski definition) is 4. The van der Waals surface area contributed by atoms with E-state index in [-0.39, 0.29) is 17.8 Å². The fraction of sp³-hybridized carbons (Fsp3) is 0.833. The summed E-state index contributed by atoms with van der Waals surface area (Å²) in [6, 6.07) is -0.159. The molecule has 0 heterocycles. The molecule has 0 fully saturated rings. The van der Waals surface area contributed by atoms with E-state index in [0.29, 0.717) is 6.42 Å². The molecule has 0 aliphatic rings. The molecule has 1 unspecified atom stereocenters. The Morgan fingerprint density at radius 2 is 2.00 bits per heavy atom. The van der Waals surface area contributed by atoms with Crippen LogP contribution in [0.4, 0.5) is 0 Å². The number of amidine groups is 1. The molecule has 1 amide bonds. The van der Waals surface area contributed by atoms with Crippen molar-refractivity contribution < 1.29 is 10.0 Å². The van der Waals surface area contributed by atoms with Gasteiger partial charge in [0.15, 0.2) is 0 Å². The zero-order chi connectivity index (χ0) is 14.0. The van der Waals surface area contributed by atoms with Gasteiger partial charge in [-0.05, 0) is 40.2 Å². The maximum absolute atomic E-state index is 11.9. The average Bonchev–Trinajstić information content (AvgIpc) is 2.38. The maximum Gasteiger partial charge on any atom is 0.239 e. The van der Waals surface area contributed by atoms with E-state index < -0.39 is 0 Å². The predicted molar refractivity (Wildman–Crippen MR) is 72.7 cm³/mol. The Labute approximate surface area is 109 Å². The highest BCUT2D eigenvalue weighted by molar-refractivity contribution is 5.81. The first kappa shape index (κ1) is 16.7. The van der Waals surface area contributed by atoms with Gasteiger partial charge in [-0.2, -0.15) is 0 Å². The molecule has 0 rings (SSSR count). The predicted octanol–water partition coefficient (Wildman–Crippen LogP) is 0.750. The lowest BCUT2D eigenvalue weighted by Gasteiger charge is -2.23. The number of nitrogens with zero attached hydrogens (tertiary/aromatic N) is 2. The van der Waals surface area contributed by atoms with Crippen LogP contribution >= 0.6 is 0 Å². The highest BCUT2D eigenvalue weighted by Gasteiger charge is 2.16. The van der Waals surface area contributed by atoms with Crippen molar-refractivity contribution in [3.8, 4) is 0 Å². The minimum absolute atomic E-state index is 0.136. The quantitative estimate of drug-likeness (QED) is 0.187. The number of unbranched alkanes of at least 4 members (excludes halogenated alkanes) is 1. The van der Waals surface area contributed by atoms with Gasteiger partial charge in [0.25, 0.3) is 0 Å². The van der Waals surface area contributed by atoms with Gasteiger partial charge in [-0.25, -0.2) is 0 Å². The van der Waals surface area contributed by atoms with Crippen LogP contribution < -0.4 is 11.1 Å². The Kier molecular flexibility index (Phi) is 9.00. The van der Waals surface area contributed by atoms with Gasteiger partial charge in [0.05, 0.1) is 6.04 Å². The lowest BCUT2D eigenvalue weighted by Crippen LogP contribution is -2.45. The number of amides is 1. The van der Waals surface area contributed by atoms with Crippen molar-refractivity contribution in [1.82, 2.24) is 10.2 Å². The summed E-state index contributed by atoms with van der Waals surface area (Å²) in [5, 5.41) is 14.5. The summed E-state index contributed by atoms with van der Waals surface area (Å²) in [5.41, 5.74) is 5.36. The molecular formula is C12H26N4O2. The van der Waals surface area contributed by atoms with Crippen molar-refractivity contribution in [2.45, 2.75) is 46.1 Å². The third kappa shape index (κ3) is 6.44. The van der Waals surface area contributed by atoms with E-state index in [2.05, 4.69) is 10.5 Å². The van der Waals surface area contributed by atoms with Crippen LogP contribution in [0, 0.1) is 0 Å². The topological polar surface area (TPSA) is 91.0 Å². The minimum atomic E-state index is -0.159. The summed E-state index contributed by atoms with van der Waals surface area (Å²) in [5.74, 6) is 0.388. The molecule has 0 aromatic heterocycles. The van der Waals surface area contributed by atoms with Gasteiger partial charge < -0.3 is 21.2 Å². The average molecular weight is 258 g/mol. The Morgan fingerprint density at radius 1 is 1.39 bits per heavy atom. The number of oxime groups is 1. The van der Waals surface area contributed by atoms with Crippen LogP contribution in [0.25, 0.3) is 0 Å². The van der Waals surface area contributed by atoms with Gasteiger partial charge in [0.1, 0.15) is 5.84 Å². The molecule has 0 saturated carbocycles. The van der Waals surface area contributed by atoms with Crippen molar-refractivity contribution >= 4 is 11.7 Å². The molecule has 106 valence electrons. The van der Waals surface area contributed by atoms with Crippen LogP contribution in [-0.4, -0.2) is 47.5 Å². The van der Waals surface area contributed by atoms with E-state index in [9.17, 15) is 4.79 Å². The van der Waals surface area contributed by atoms with Crippen LogP contribution in [0.2, 0.25) is 0 Å². The van der Waals surface area contributed by atoms with Crippen LogP contribution in [-0.2, 0) is 4.79 Å². The number of hydrogen-bond donors (Lipinski definition) is 3. The van der Waals surface area contributed by atoms with Crippen LogP contribution in [0.5, 0.6) is 0 Å². The van der Waals surface area contributed by atoms with Crippen molar-refractivity contribution in [1.29, 1.82) is 0 Å². The summed E-state index contributed by atoms with van der Waals surface area (Å²) >= 11 is 0. The number of carbonyl (C=O) groups excluding carboxylic acids is 1. The van der Waals surface area contributed by atoms with E-state index in [1.165, 1.54) is 0 Å². The van der Waals surface area contributed by atoms with Crippen molar-refractivity contribution in [2.24, 2.45) is 10.9 Å². The molecule has 1 atom stereocenters. The van der Waals surface area contributed by atoms with Crippen LogP contribution in [0.15, 0.2) is 5.16 Å². The van der Waals surface area contributed by atoms with Crippen molar-refractivity contribution in [3.05, 3.63) is 0 Å². The summed E-state index contributed by atoms with van der Waals surface area (Å²) < 4.78 is 0. The molecular weight excluding hydrogens is 232 g/mol. The number of nitrogens with one attached hydrogen (secondary N) is 1. The number of rotatable bonds is 9. The lowest BCUT2D eigenvalue weighted by molar-refractivity contribution is -0.132.